The first-order chi connectivity index (χ1) is 18.0. The highest BCUT2D eigenvalue weighted by Gasteiger charge is 2.29. The number of carbonyl (C=O) groups is 1. The molecule has 0 saturated carbocycles. The molecule has 4 aromatic carbocycles. The Morgan fingerprint density at radius 1 is 0.649 bits per heavy atom. The number of sulfonamides is 1. The SMILES string of the molecule is O=C(c1ccccc1NS(=O)(=O)c1ccccc1)N1CCN(C(c2ccccc2)c2ccccc2)CC1. The fourth-order valence-corrected chi connectivity index (χ4v) is 5.90. The van der Waals surface area contributed by atoms with E-state index in [1.165, 1.54) is 23.3 Å². The van der Waals surface area contributed by atoms with Gasteiger partial charge in [-0.2, -0.15) is 0 Å². The van der Waals surface area contributed by atoms with Crippen LogP contribution in [0.5, 0.6) is 0 Å². The van der Waals surface area contributed by atoms with Gasteiger partial charge >= 0.3 is 0 Å². The number of nitrogens with one attached hydrogen (secondary N) is 1. The highest BCUT2D eigenvalue weighted by Crippen LogP contribution is 2.30. The van der Waals surface area contributed by atoms with Gasteiger partial charge in [0, 0.05) is 26.2 Å². The van der Waals surface area contributed by atoms with Gasteiger partial charge in [-0.15, -0.1) is 0 Å². The molecule has 0 aromatic heterocycles. The van der Waals surface area contributed by atoms with Gasteiger partial charge in [-0.1, -0.05) is 91.0 Å². The topological polar surface area (TPSA) is 69.7 Å². The zero-order chi connectivity index (χ0) is 25.7. The summed E-state index contributed by atoms with van der Waals surface area (Å²) in [5.41, 5.74) is 3.06. The van der Waals surface area contributed by atoms with Crippen LogP contribution in [0, 0.1) is 0 Å². The third-order valence-electron chi connectivity index (χ3n) is 6.65. The molecule has 1 N–H and O–H groups in total. The summed E-state index contributed by atoms with van der Waals surface area (Å²) in [5.74, 6) is -0.179. The molecule has 0 radical (unpaired) electrons. The second-order valence-electron chi connectivity index (χ2n) is 9.02. The van der Waals surface area contributed by atoms with Crippen LogP contribution in [-0.2, 0) is 10.0 Å². The van der Waals surface area contributed by atoms with E-state index < -0.39 is 10.0 Å². The number of carbonyl (C=O) groups excluding carboxylic acids is 1. The molecule has 7 heteroatoms. The van der Waals surface area contributed by atoms with Crippen molar-refractivity contribution in [1.82, 2.24) is 9.80 Å². The van der Waals surface area contributed by atoms with E-state index in [0.717, 1.165) is 0 Å². The van der Waals surface area contributed by atoms with E-state index in [0.29, 0.717) is 31.7 Å². The van der Waals surface area contributed by atoms with E-state index in [4.69, 9.17) is 0 Å². The molecule has 5 rings (SSSR count). The van der Waals surface area contributed by atoms with Crippen LogP contribution in [0.3, 0.4) is 0 Å². The summed E-state index contributed by atoms with van der Waals surface area (Å²) >= 11 is 0. The lowest BCUT2D eigenvalue weighted by molar-refractivity contribution is 0.0598. The van der Waals surface area contributed by atoms with Crippen LogP contribution < -0.4 is 4.72 Å². The molecule has 188 valence electrons. The molecule has 0 atom stereocenters. The number of amides is 1. The molecule has 1 fully saturated rings. The summed E-state index contributed by atoms with van der Waals surface area (Å²) in [4.78, 5) is 17.9. The van der Waals surface area contributed by atoms with E-state index in [-0.39, 0.29) is 22.5 Å². The van der Waals surface area contributed by atoms with Crippen LogP contribution in [0.2, 0.25) is 0 Å². The van der Waals surface area contributed by atoms with Gasteiger partial charge in [-0.25, -0.2) is 8.42 Å². The predicted octanol–water partition coefficient (Wildman–Crippen LogP) is 5.03. The number of para-hydroxylation sites is 1. The van der Waals surface area contributed by atoms with Crippen molar-refractivity contribution in [1.29, 1.82) is 0 Å². The zero-order valence-electron chi connectivity index (χ0n) is 20.4. The maximum absolute atomic E-state index is 13.5. The Bertz CT molecular complexity index is 1400. The molecule has 0 unspecified atom stereocenters. The number of anilines is 1. The maximum atomic E-state index is 13.5. The van der Waals surface area contributed by atoms with Gasteiger partial charge in [-0.05, 0) is 35.4 Å². The van der Waals surface area contributed by atoms with Gasteiger partial charge in [0.2, 0.25) is 0 Å². The third-order valence-corrected chi connectivity index (χ3v) is 8.03. The molecule has 1 heterocycles. The first-order valence-electron chi connectivity index (χ1n) is 12.3. The predicted molar refractivity (Wildman–Crippen MR) is 146 cm³/mol. The van der Waals surface area contributed by atoms with E-state index in [9.17, 15) is 13.2 Å². The second-order valence-corrected chi connectivity index (χ2v) is 10.7. The van der Waals surface area contributed by atoms with Crippen molar-refractivity contribution in [3.63, 3.8) is 0 Å². The number of hydrogen-bond acceptors (Lipinski definition) is 4. The van der Waals surface area contributed by atoms with Crippen molar-refractivity contribution in [2.24, 2.45) is 0 Å². The van der Waals surface area contributed by atoms with E-state index in [1.807, 2.05) is 12.1 Å². The highest BCUT2D eigenvalue weighted by atomic mass is 32.2. The summed E-state index contributed by atoms with van der Waals surface area (Å²) in [6.07, 6.45) is 0. The molecule has 0 bridgehead atoms. The van der Waals surface area contributed by atoms with Gasteiger partial charge < -0.3 is 4.90 Å². The number of nitrogens with zero attached hydrogens (tertiary/aromatic N) is 2. The minimum absolute atomic E-state index is 0.102. The summed E-state index contributed by atoms with van der Waals surface area (Å²) in [5, 5.41) is 0. The average molecular weight is 512 g/mol. The Balaban J connectivity index is 1.33. The normalized spacial score (nSPS) is 14.5. The number of rotatable bonds is 7. The largest absolute Gasteiger partial charge is 0.336 e. The molecule has 0 spiro atoms. The first-order valence-corrected chi connectivity index (χ1v) is 13.8. The van der Waals surface area contributed by atoms with Gasteiger partial charge in [0.25, 0.3) is 15.9 Å². The molecular weight excluding hydrogens is 482 g/mol. The lowest BCUT2D eigenvalue weighted by Crippen LogP contribution is -2.50. The standard InChI is InChI=1S/C30H29N3O3S/c34-30(27-18-10-11-19-28(27)31-37(35,36)26-16-8-3-9-17-26)33-22-20-32(21-23-33)29(24-12-4-1-5-13-24)25-14-6-2-7-15-25/h1-19,29,31H,20-23H2. The number of benzene rings is 4. The average Bonchev–Trinajstić information content (AvgIpc) is 2.95. The molecule has 4 aromatic rings. The highest BCUT2D eigenvalue weighted by molar-refractivity contribution is 7.92. The van der Waals surface area contributed by atoms with Crippen molar-refractivity contribution >= 4 is 21.6 Å². The molecule has 1 saturated heterocycles. The Morgan fingerprint density at radius 3 is 1.70 bits per heavy atom. The van der Waals surface area contributed by atoms with E-state index in [2.05, 4.69) is 58.2 Å². The lowest BCUT2D eigenvalue weighted by atomic mass is 9.96. The van der Waals surface area contributed by atoms with Crippen molar-refractivity contribution in [2.45, 2.75) is 10.9 Å². The zero-order valence-corrected chi connectivity index (χ0v) is 21.2. The summed E-state index contributed by atoms with van der Waals surface area (Å²) < 4.78 is 28.4. The minimum atomic E-state index is -3.81. The van der Waals surface area contributed by atoms with Gasteiger partial charge in [-0.3, -0.25) is 14.4 Å². The molecule has 1 amide bonds. The van der Waals surface area contributed by atoms with Crippen molar-refractivity contribution in [3.05, 3.63) is 132 Å². The Kier molecular flexibility index (Phi) is 7.35. The maximum Gasteiger partial charge on any atom is 0.261 e. The monoisotopic (exact) mass is 511 g/mol. The molecule has 37 heavy (non-hydrogen) atoms. The van der Waals surface area contributed by atoms with Crippen molar-refractivity contribution in [2.75, 3.05) is 30.9 Å². The Labute approximate surface area is 218 Å². The number of hydrogen-bond donors (Lipinski definition) is 1. The second kappa shape index (κ2) is 11.0. The third kappa shape index (κ3) is 5.58. The summed E-state index contributed by atoms with van der Waals surface area (Å²) in [6.45, 7) is 2.51. The van der Waals surface area contributed by atoms with Gasteiger partial charge in [0.15, 0.2) is 0 Å². The van der Waals surface area contributed by atoms with Crippen LogP contribution >= 0.6 is 0 Å². The van der Waals surface area contributed by atoms with Gasteiger partial charge in [0.05, 0.1) is 22.2 Å². The lowest BCUT2D eigenvalue weighted by Gasteiger charge is -2.40. The van der Waals surface area contributed by atoms with Crippen LogP contribution in [0.15, 0.2) is 120 Å². The van der Waals surface area contributed by atoms with Gasteiger partial charge in [0.1, 0.15) is 0 Å². The Hall–Kier alpha value is -3.94. The fraction of sp³-hybridized carbons (Fsp3) is 0.167. The quantitative estimate of drug-likeness (QED) is 0.378. The minimum Gasteiger partial charge on any atom is -0.336 e. The molecule has 1 aliphatic heterocycles. The van der Waals surface area contributed by atoms with E-state index in [1.54, 1.807) is 47.4 Å². The fourth-order valence-electron chi connectivity index (χ4n) is 4.80. The Morgan fingerprint density at radius 2 is 1.14 bits per heavy atom. The molecule has 1 aliphatic rings. The van der Waals surface area contributed by atoms with Crippen molar-refractivity contribution < 1.29 is 13.2 Å². The summed E-state index contributed by atoms with van der Waals surface area (Å²) in [6, 6.07) is 35.9. The summed E-state index contributed by atoms with van der Waals surface area (Å²) in [7, 11) is -3.81. The molecular formula is C30H29N3O3S. The molecule has 6 nitrogen and oxygen atoms in total. The number of piperazine rings is 1. The van der Waals surface area contributed by atoms with Crippen LogP contribution in [0.1, 0.15) is 27.5 Å². The van der Waals surface area contributed by atoms with E-state index >= 15 is 0 Å². The molecule has 0 aliphatic carbocycles. The smallest absolute Gasteiger partial charge is 0.261 e. The first kappa shape index (κ1) is 24.7. The van der Waals surface area contributed by atoms with Crippen LogP contribution in [0.25, 0.3) is 0 Å². The van der Waals surface area contributed by atoms with Crippen LogP contribution in [-0.4, -0.2) is 50.3 Å². The van der Waals surface area contributed by atoms with Crippen molar-refractivity contribution in [3.8, 4) is 0 Å². The van der Waals surface area contributed by atoms with Crippen LogP contribution in [0.4, 0.5) is 5.69 Å².